The fourth-order valence-corrected chi connectivity index (χ4v) is 1.02. The molecule has 0 aliphatic carbocycles. The molecule has 1 amide bonds. The number of ether oxygens (including phenoxy) is 1. The maximum Gasteiger partial charge on any atom is 0.237 e. The van der Waals surface area contributed by atoms with Crippen LogP contribution in [0.5, 0.6) is 0 Å². The lowest BCUT2D eigenvalue weighted by atomic mass is 10.0. The fraction of sp³-hybridized carbons (Fsp3) is 0.889. The molecule has 0 aliphatic rings. The molecule has 0 aromatic heterocycles. The van der Waals surface area contributed by atoms with Crippen LogP contribution in [0, 0.1) is 5.92 Å². The Morgan fingerprint density at radius 2 is 2.15 bits per heavy atom. The monoisotopic (exact) mass is 188 g/mol. The van der Waals surface area contributed by atoms with Crippen molar-refractivity contribution >= 4 is 5.91 Å². The second-order valence-corrected chi connectivity index (χ2v) is 3.52. The fourth-order valence-electron chi connectivity index (χ4n) is 1.02. The van der Waals surface area contributed by atoms with Crippen molar-refractivity contribution in [2.24, 2.45) is 11.7 Å². The molecule has 0 aliphatic heterocycles. The van der Waals surface area contributed by atoms with E-state index in [1.54, 1.807) is 7.11 Å². The first-order chi connectivity index (χ1) is 6.07. The van der Waals surface area contributed by atoms with Crippen LogP contribution in [-0.2, 0) is 9.53 Å². The Morgan fingerprint density at radius 3 is 2.62 bits per heavy atom. The number of hydrogen-bond donors (Lipinski definition) is 2. The largest absolute Gasteiger partial charge is 0.383 e. The molecule has 0 bridgehead atoms. The summed E-state index contributed by atoms with van der Waals surface area (Å²) in [6, 6.07) is -0.392. The number of rotatable bonds is 6. The Labute approximate surface area is 79.8 Å². The molecule has 0 unspecified atom stereocenters. The van der Waals surface area contributed by atoms with E-state index in [1.807, 2.05) is 13.8 Å². The predicted molar refractivity (Wildman–Crippen MR) is 52.3 cm³/mol. The van der Waals surface area contributed by atoms with Crippen LogP contribution in [0.1, 0.15) is 20.3 Å². The molecule has 0 fully saturated rings. The maximum absolute atomic E-state index is 11.3. The quantitative estimate of drug-likeness (QED) is 0.582. The van der Waals surface area contributed by atoms with Gasteiger partial charge in [-0.3, -0.25) is 4.79 Å². The van der Waals surface area contributed by atoms with Crippen LogP contribution in [-0.4, -0.2) is 32.2 Å². The van der Waals surface area contributed by atoms with Crippen molar-refractivity contribution in [3.05, 3.63) is 0 Å². The predicted octanol–water partition coefficient (Wildman–Crippen LogP) is 0.122. The summed E-state index contributed by atoms with van der Waals surface area (Å²) in [4.78, 5) is 11.3. The van der Waals surface area contributed by atoms with E-state index >= 15 is 0 Å². The van der Waals surface area contributed by atoms with Gasteiger partial charge in [0.05, 0.1) is 12.6 Å². The number of hydrogen-bond acceptors (Lipinski definition) is 3. The van der Waals surface area contributed by atoms with Crippen LogP contribution >= 0.6 is 0 Å². The van der Waals surface area contributed by atoms with Crippen LogP contribution in [0.3, 0.4) is 0 Å². The molecule has 3 N–H and O–H groups in total. The van der Waals surface area contributed by atoms with Crippen LogP contribution in [0.15, 0.2) is 0 Å². The second kappa shape index (κ2) is 6.86. The Bertz CT molecular complexity index is 149. The zero-order chi connectivity index (χ0) is 10.3. The number of carbonyl (C=O) groups excluding carboxylic acids is 1. The molecule has 0 rings (SSSR count). The first-order valence-corrected chi connectivity index (χ1v) is 4.60. The second-order valence-electron chi connectivity index (χ2n) is 3.52. The number of carbonyl (C=O) groups is 1. The standard InChI is InChI=1S/C9H20N2O2/c1-7(2)6-8(10)9(12)11-4-5-13-3/h7-8H,4-6,10H2,1-3H3,(H,11,12)/t8-/m0/s1. The average Bonchev–Trinajstić information content (AvgIpc) is 2.03. The van der Waals surface area contributed by atoms with Crippen LogP contribution < -0.4 is 11.1 Å². The minimum Gasteiger partial charge on any atom is -0.383 e. The zero-order valence-corrected chi connectivity index (χ0v) is 8.67. The highest BCUT2D eigenvalue weighted by Crippen LogP contribution is 2.01. The molecule has 0 aromatic carbocycles. The molecule has 0 aromatic rings. The smallest absolute Gasteiger partial charge is 0.237 e. The van der Waals surface area contributed by atoms with Crippen LogP contribution in [0.4, 0.5) is 0 Å². The third kappa shape index (κ3) is 6.54. The lowest BCUT2D eigenvalue weighted by Gasteiger charge is -2.13. The molecule has 4 heteroatoms. The van der Waals surface area contributed by atoms with Gasteiger partial charge in [0.1, 0.15) is 0 Å². The van der Waals surface area contributed by atoms with Gasteiger partial charge in [0.15, 0.2) is 0 Å². The molecule has 0 saturated heterocycles. The van der Waals surface area contributed by atoms with Crippen molar-refractivity contribution in [1.82, 2.24) is 5.32 Å². The van der Waals surface area contributed by atoms with Crippen molar-refractivity contribution in [3.8, 4) is 0 Å². The summed E-state index contributed by atoms with van der Waals surface area (Å²) in [6.07, 6.45) is 0.721. The highest BCUT2D eigenvalue weighted by molar-refractivity contribution is 5.81. The highest BCUT2D eigenvalue weighted by atomic mass is 16.5. The van der Waals surface area contributed by atoms with Crippen molar-refractivity contribution in [1.29, 1.82) is 0 Å². The van der Waals surface area contributed by atoms with E-state index in [2.05, 4.69) is 5.32 Å². The third-order valence-electron chi connectivity index (χ3n) is 1.67. The molecule has 0 radical (unpaired) electrons. The molecule has 1 atom stereocenters. The van der Waals surface area contributed by atoms with Crippen molar-refractivity contribution < 1.29 is 9.53 Å². The molecular weight excluding hydrogens is 168 g/mol. The number of nitrogens with two attached hydrogens (primary N) is 1. The van der Waals surface area contributed by atoms with E-state index in [9.17, 15) is 4.79 Å². The van der Waals surface area contributed by atoms with Gasteiger partial charge >= 0.3 is 0 Å². The first-order valence-electron chi connectivity index (χ1n) is 4.60. The zero-order valence-electron chi connectivity index (χ0n) is 8.67. The lowest BCUT2D eigenvalue weighted by Crippen LogP contribution is -2.42. The van der Waals surface area contributed by atoms with E-state index in [1.165, 1.54) is 0 Å². The van der Waals surface area contributed by atoms with Gasteiger partial charge < -0.3 is 15.8 Å². The third-order valence-corrected chi connectivity index (χ3v) is 1.67. The average molecular weight is 188 g/mol. The van der Waals surface area contributed by atoms with E-state index in [-0.39, 0.29) is 5.91 Å². The molecule has 0 heterocycles. The van der Waals surface area contributed by atoms with Gasteiger partial charge in [-0.15, -0.1) is 0 Å². The minimum atomic E-state index is -0.392. The molecule has 13 heavy (non-hydrogen) atoms. The number of amides is 1. The topological polar surface area (TPSA) is 64.3 Å². The van der Waals surface area contributed by atoms with E-state index in [0.29, 0.717) is 19.1 Å². The number of methoxy groups -OCH3 is 1. The van der Waals surface area contributed by atoms with Crippen LogP contribution in [0.25, 0.3) is 0 Å². The van der Waals surface area contributed by atoms with Crippen LogP contribution in [0.2, 0.25) is 0 Å². The Balaban J connectivity index is 3.57. The Morgan fingerprint density at radius 1 is 1.54 bits per heavy atom. The summed E-state index contributed by atoms with van der Waals surface area (Å²) in [7, 11) is 1.60. The highest BCUT2D eigenvalue weighted by Gasteiger charge is 2.13. The van der Waals surface area contributed by atoms with Gasteiger partial charge in [0.2, 0.25) is 5.91 Å². The molecule has 78 valence electrons. The minimum absolute atomic E-state index is 0.0919. The summed E-state index contributed by atoms with van der Waals surface area (Å²) >= 11 is 0. The number of nitrogens with one attached hydrogen (secondary N) is 1. The van der Waals surface area contributed by atoms with Gasteiger partial charge in [-0.2, -0.15) is 0 Å². The molecule has 0 spiro atoms. The Kier molecular flexibility index (Phi) is 6.54. The Hall–Kier alpha value is -0.610. The lowest BCUT2D eigenvalue weighted by molar-refractivity contribution is -0.122. The molecule has 4 nitrogen and oxygen atoms in total. The summed E-state index contributed by atoms with van der Waals surface area (Å²) in [5.41, 5.74) is 5.65. The van der Waals surface area contributed by atoms with Crippen molar-refractivity contribution in [2.45, 2.75) is 26.3 Å². The van der Waals surface area contributed by atoms with Gasteiger partial charge in [-0.05, 0) is 12.3 Å². The summed E-state index contributed by atoms with van der Waals surface area (Å²) < 4.78 is 4.80. The summed E-state index contributed by atoms with van der Waals surface area (Å²) in [5.74, 6) is 0.355. The van der Waals surface area contributed by atoms with Gasteiger partial charge in [0.25, 0.3) is 0 Å². The van der Waals surface area contributed by atoms with Gasteiger partial charge in [-0.25, -0.2) is 0 Å². The molecular formula is C9H20N2O2. The normalized spacial score (nSPS) is 13.0. The summed E-state index contributed by atoms with van der Waals surface area (Å²) in [5, 5.41) is 2.70. The van der Waals surface area contributed by atoms with E-state index < -0.39 is 6.04 Å². The SMILES string of the molecule is COCCNC(=O)[C@@H](N)CC(C)C. The van der Waals surface area contributed by atoms with Gasteiger partial charge in [-0.1, -0.05) is 13.8 Å². The summed E-state index contributed by atoms with van der Waals surface area (Å²) in [6.45, 7) is 5.14. The van der Waals surface area contributed by atoms with Gasteiger partial charge in [0, 0.05) is 13.7 Å². The van der Waals surface area contributed by atoms with E-state index in [0.717, 1.165) is 6.42 Å². The molecule has 0 saturated carbocycles. The maximum atomic E-state index is 11.3. The first kappa shape index (κ1) is 12.4. The van der Waals surface area contributed by atoms with E-state index in [4.69, 9.17) is 10.5 Å². The van der Waals surface area contributed by atoms with Crippen molar-refractivity contribution in [3.63, 3.8) is 0 Å². The van der Waals surface area contributed by atoms with Crippen molar-refractivity contribution in [2.75, 3.05) is 20.3 Å².